The average Bonchev–Trinajstić information content (AvgIpc) is 2.28. The first-order chi connectivity index (χ1) is 8.33. The molecule has 1 amide bonds. The molecule has 1 N–H and O–H groups in total. The van der Waals surface area contributed by atoms with Crippen LogP contribution in [0.3, 0.4) is 0 Å². The summed E-state index contributed by atoms with van der Waals surface area (Å²) < 4.78 is 5.55. The fourth-order valence-corrected chi connectivity index (χ4v) is 2.31. The third-order valence-electron chi connectivity index (χ3n) is 3.35. The molecule has 1 aliphatic heterocycles. The lowest BCUT2D eigenvalue weighted by Crippen LogP contribution is -2.51. The summed E-state index contributed by atoms with van der Waals surface area (Å²) >= 11 is 0. The molecule has 0 bridgehead atoms. The van der Waals surface area contributed by atoms with E-state index in [1.165, 1.54) is 0 Å². The van der Waals surface area contributed by atoms with Gasteiger partial charge in [-0.3, -0.25) is 4.79 Å². The van der Waals surface area contributed by atoms with E-state index in [1.807, 2.05) is 25.7 Å². The summed E-state index contributed by atoms with van der Waals surface area (Å²) in [5.41, 5.74) is -0.247. The van der Waals surface area contributed by atoms with E-state index in [0.717, 1.165) is 26.1 Å². The standard InChI is InChI=1S/C14H28N2O2/c1-6-15-12-7-8-16(9-11(12)2)13(17)10-18-14(3,4)5/h11-12,15H,6-10H2,1-5H3. The van der Waals surface area contributed by atoms with Crippen molar-refractivity contribution >= 4 is 5.91 Å². The lowest BCUT2D eigenvalue weighted by atomic mass is 9.94. The van der Waals surface area contributed by atoms with Crippen LogP contribution in [-0.2, 0) is 9.53 Å². The molecule has 0 aromatic carbocycles. The molecule has 4 nitrogen and oxygen atoms in total. The van der Waals surface area contributed by atoms with Crippen LogP contribution in [0.1, 0.15) is 41.0 Å². The normalized spacial score (nSPS) is 25.3. The van der Waals surface area contributed by atoms with Gasteiger partial charge in [-0.1, -0.05) is 13.8 Å². The van der Waals surface area contributed by atoms with E-state index in [0.29, 0.717) is 12.0 Å². The molecule has 106 valence electrons. The Morgan fingerprint density at radius 1 is 1.44 bits per heavy atom. The Bertz CT molecular complexity index is 273. The van der Waals surface area contributed by atoms with E-state index >= 15 is 0 Å². The van der Waals surface area contributed by atoms with Gasteiger partial charge in [-0.05, 0) is 39.7 Å². The van der Waals surface area contributed by atoms with Crippen molar-refractivity contribution in [1.82, 2.24) is 10.2 Å². The topological polar surface area (TPSA) is 41.6 Å². The second-order valence-electron chi connectivity index (χ2n) is 6.17. The summed E-state index contributed by atoms with van der Waals surface area (Å²) in [5, 5.41) is 3.48. The zero-order valence-corrected chi connectivity index (χ0v) is 12.5. The number of hydrogen-bond acceptors (Lipinski definition) is 3. The molecule has 2 unspecified atom stereocenters. The van der Waals surface area contributed by atoms with Gasteiger partial charge < -0.3 is 15.0 Å². The van der Waals surface area contributed by atoms with Crippen molar-refractivity contribution in [1.29, 1.82) is 0 Å². The van der Waals surface area contributed by atoms with Crippen molar-refractivity contribution in [3.63, 3.8) is 0 Å². The van der Waals surface area contributed by atoms with Gasteiger partial charge in [0.15, 0.2) is 0 Å². The highest BCUT2D eigenvalue weighted by Crippen LogP contribution is 2.17. The largest absolute Gasteiger partial charge is 0.366 e. The fraction of sp³-hybridized carbons (Fsp3) is 0.929. The van der Waals surface area contributed by atoms with Crippen LogP contribution in [0.15, 0.2) is 0 Å². The number of piperidine rings is 1. The van der Waals surface area contributed by atoms with Gasteiger partial charge >= 0.3 is 0 Å². The summed E-state index contributed by atoms with van der Waals surface area (Å²) in [6.07, 6.45) is 1.04. The average molecular weight is 256 g/mol. The fourth-order valence-electron chi connectivity index (χ4n) is 2.31. The van der Waals surface area contributed by atoms with E-state index < -0.39 is 0 Å². The number of carbonyl (C=O) groups is 1. The monoisotopic (exact) mass is 256 g/mol. The predicted octanol–water partition coefficient (Wildman–Crippen LogP) is 1.65. The molecular formula is C14H28N2O2. The molecule has 1 aliphatic rings. The van der Waals surface area contributed by atoms with Crippen molar-refractivity contribution in [2.45, 2.75) is 52.7 Å². The van der Waals surface area contributed by atoms with Gasteiger partial charge in [-0.15, -0.1) is 0 Å². The molecule has 0 radical (unpaired) electrons. The Morgan fingerprint density at radius 2 is 2.11 bits per heavy atom. The molecule has 1 heterocycles. The highest BCUT2D eigenvalue weighted by molar-refractivity contribution is 5.77. The summed E-state index contributed by atoms with van der Waals surface area (Å²) in [4.78, 5) is 14.0. The Hall–Kier alpha value is -0.610. The molecule has 0 aromatic heterocycles. The molecule has 1 fully saturated rings. The van der Waals surface area contributed by atoms with Crippen molar-refractivity contribution in [2.24, 2.45) is 5.92 Å². The van der Waals surface area contributed by atoms with Crippen molar-refractivity contribution in [3.05, 3.63) is 0 Å². The van der Waals surface area contributed by atoms with Gasteiger partial charge in [0.25, 0.3) is 0 Å². The number of hydrogen-bond donors (Lipinski definition) is 1. The van der Waals surface area contributed by atoms with Crippen molar-refractivity contribution in [2.75, 3.05) is 26.2 Å². The zero-order valence-electron chi connectivity index (χ0n) is 12.5. The van der Waals surface area contributed by atoms with Gasteiger partial charge in [0, 0.05) is 19.1 Å². The van der Waals surface area contributed by atoms with Crippen LogP contribution in [0.2, 0.25) is 0 Å². The number of likely N-dealkylation sites (tertiary alicyclic amines) is 1. The Labute approximate surface area is 111 Å². The highest BCUT2D eigenvalue weighted by Gasteiger charge is 2.28. The smallest absolute Gasteiger partial charge is 0.248 e. The highest BCUT2D eigenvalue weighted by atomic mass is 16.5. The zero-order chi connectivity index (χ0) is 13.8. The molecule has 4 heteroatoms. The van der Waals surface area contributed by atoms with Gasteiger partial charge in [0.05, 0.1) is 5.60 Å². The number of amides is 1. The quantitative estimate of drug-likeness (QED) is 0.831. The van der Waals surface area contributed by atoms with Crippen LogP contribution in [0.5, 0.6) is 0 Å². The summed E-state index contributed by atoms with van der Waals surface area (Å²) in [6.45, 7) is 13.1. The Kier molecular flexibility index (Phi) is 5.60. The third-order valence-corrected chi connectivity index (χ3v) is 3.35. The van der Waals surface area contributed by atoms with Crippen LogP contribution in [-0.4, -0.2) is 48.7 Å². The maximum atomic E-state index is 12.0. The van der Waals surface area contributed by atoms with Crippen LogP contribution in [0, 0.1) is 5.92 Å². The van der Waals surface area contributed by atoms with Gasteiger partial charge in [0.1, 0.15) is 6.61 Å². The molecule has 2 atom stereocenters. The second-order valence-corrected chi connectivity index (χ2v) is 6.17. The van der Waals surface area contributed by atoms with Gasteiger partial charge in [0.2, 0.25) is 5.91 Å². The Balaban J connectivity index is 2.38. The molecule has 0 spiro atoms. The molecule has 0 aliphatic carbocycles. The number of nitrogens with one attached hydrogen (secondary N) is 1. The predicted molar refractivity (Wildman–Crippen MR) is 73.5 cm³/mol. The maximum Gasteiger partial charge on any atom is 0.248 e. The van der Waals surface area contributed by atoms with Gasteiger partial charge in [-0.2, -0.15) is 0 Å². The number of ether oxygens (including phenoxy) is 1. The minimum atomic E-state index is -0.247. The second kappa shape index (κ2) is 6.53. The third kappa shape index (κ3) is 4.94. The van der Waals surface area contributed by atoms with Crippen LogP contribution in [0.25, 0.3) is 0 Å². The van der Waals surface area contributed by atoms with E-state index in [4.69, 9.17) is 4.74 Å². The minimum absolute atomic E-state index is 0.117. The van der Waals surface area contributed by atoms with Gasteiger partial charge in [-0.25, -0.2) is 0 Å². The first-order valence-corrected chi connectivity index (χ1v) is 6.98. The minimum Gasteiger partial charge on any atom is -0.366 e. The van der Waals surface area contributed by atoms with Crippen LogP contribution < -0.4 is 5.32 Å². The summed E-state index contributed by atoms with van der Waals surface area (Å²) in [5.74, 6) is 0.629. The van der Waals surface area contributed by atoms with Crippen molar-refractivity contribution in [3.8, 4) is 0 Å². The maximum absolute atomic E-state index is 12.0. The lowest BCUT2D eigenvalue weighted by Gasteiger charge is -2.37. The van der Waals surface area contributed by atoms with E-state index in [-0.39, 0.29) is 18.1 Å². The van der Waals surface area contributed by atoms with E-state index in [9.17, 15) is 4.79 Å². The SMILES string of the molecule is CCNC1CCN(C(=O)COC(C)(C)C)CC1C. The molecular weight excluding hydrogens is 228 g/mol. The molecule has 18 heavy (non-hydrogen) atoms. The molecule has 1 rings (SSSR count). The summed E-state index contributed by atoms with van der Waals surface area (Å²) in [7, 11) is 0. The molecule has 0 aromatic rings. The number of nitrogens with zero attached hydrogens (tertiary/aromatic N) is 1. The van der Waals surface area contributed by atoms with Crippen LogP contribution >= 0.6 is 0 Å². The Morgan fingerprint density at radius 3 is 2.61 bits per heavy atom. The molecule has 0 saturated carbocycles. The first-order valence-electron chi connectivity index (χ1n) is 6.98. The number of rotatable bonds is 4. The lowest BCUT2D eigenvalue weighted by molar-refractivity contribution is -0.143. The van der Waals surface area contributed by atoms with E-state index in [1.54, 1.807) is 0 Å². The number of carbonyl (C=O) groups excluding carboxylic acids is 1. The first kappa shape index (κ1) is 15.4. The summed E-state index contributed by atoms with van der Waals surface area (Å²) in [6, 6.07) is 0.544. The van der Waals surface area contributed by atoms with Crippen LogP contribution in [0.4, 0.5) is 0 Å². The molecule has 1 saturated heterocycles. The van der Waals surface area contributed by atoms with Crippen molar-refractivity contribution < 1.29 is 9.53 Å². The van der Waals surface area contributed by atoms with E-state index in [2.05, 4.69) is 19.2 Å².